The molecule has 4 aliphatic carbocycles. The van der Waals surface area contributed by atoms with Crippen molar-refractivity contribution in [3.63, 3.8) is 0 Å². The Kier molecular flexibility index (Phi) is 5.98. The van der Waals surface area contributed by atoms with Crippen molar-refractivity contribution in [1.82, 2.24) is 10.6 Å². The molecule has 5 rings (SSSR count). The molecule has 4 saturated carbocycles. The van der Waals surface area contributed by atoms with E-state index in [9.17, 15) is 9.59 Å². The number of rotatable bonds is 7. The summed E-state index contributed by atoms with van der Waals surface area (Å²) in [6, 6.07) is 0.0171. The minimum atomic E-state index is 0.0171. The molecule has 0 aromatic heterocycles. The Morgan fingerprint density at radius 1 is 1.00 bits per heavy atom. The van der Waals surface area contributed by atoms with Crippen LogP contribution in [0.2, 0.25) is 0 Å². The van der Waals surface area contributed by atoms with Gasteiger partial charge in [-0.3, -0.25) is 9.59 Å². The Bertz CT molecular complexity index is 550. The summed E-state index contributed by atoms with van der Waals surface area (Å²) in [7, 11) is 0. The third kappa shape index (κ3) is 4.38. The van der Waals surface area contributed by atoms with E-state index in [-0.39, 0.29) is 23.4 Å². The fourth-order valence-electron chi connectivity index (χ4n) is 6.91. The molecule has 6 nitrogen and oxygen atoms in total. The van der Waals surface area contributed by atoms with Crippen molar-refractivity contribution >= 4 is 11.8 Å². The van der Waals surface area contributed by atoms with E-state index in [1.807, 2.05) is 0 Å². The van der Waals surface area contributed by atoms with Gasteiger partial charge in [0, 0.05) is 12.1 Å². The predicted molar refractivity (Wildman–Crippen MR) is 108 cm³/mol. The van der Waals surface area contributed by atoms with Gasteiger partial charge in [0.25, 0.3) is 11.8 Å². The molecule has 1 atom stereocenters. The summed E-state index contributed by atoms with van der Waals surface area (Å²) >= 11 is 0. The Morgan fingerprint density at radius 2 is 1.57 bits per heavy atom. The van der Waals surface area contributed by atoms with Gasteiger partial charge in [-0.05, 0) is 69.6 Å². The van der Waals surface area contributed by atoms with E-state index in [0.717, 1.165) is 56.9 Å². The van der Waals surface area contributed by atoms with Crippen LogP contribution in [-0.4, -0.2) is 62.7 Å². The molecule has 0 unspecified atom stereocenters. The van der Waals surface area contributed by atoms with Crippen LogP contribution in [0.4, 0.5) is 0 Å². The zero-order chi connectivity index (χ0) is 19.7. The maximum Gasteiger partial charge on any atom is 0.278 e. The fourth-order valence-corrected chi connectivity index (χ4v) is 6.91. The van der Waals surface area contributed by atoms with Crippen LogP contribution >= 0.6 is 0 Å². The Labute approximate surface area is 169 Å². The second-order valence-electron chi connectivity index (χ2n) is 10.3. The third-order valence-corrected chi connectivity index (χ3v) is 8.01. The van der Waals surface area contributed by atoms with Crippen molar-refractivity contribution in [2.24, 2.45) is 17.8 Å². The Hall–Kier alpha value is -1.14. The molecule has 4 N–H and O–H groups in total. The van der Waals surface area contributed by atoms with E-state index >= 15 is 0 Å². The molecule has 6 heteroatoms. The lowest BCUT2D eigenvalue weighted by Crippen LogP contribution is -3.30. The van der Waals surface area contributed by atoms with Crippen LogP contribution < -0.4 is 20.4 Å². The molecule has 0 spiro atoms. The Balaban J connectivity index is 1.24. The predicted octanol–water partition coefficient (Wildman–Crippen LogP) is -1.23. The van der Waals surface area contributed by atoms with Gasteiger partial charge in [0.05, 0.1) is 0 Å². The number of piperazine rings is 1. The average Bonchev–Trinajstić information content (AvgIpc) is 2.65. The fraction of sp³-hybridized carbons (Fsp3) is 0.909. The number of hydrogen-bond acceptors (Lipinski definition) is 2. The monoisotopic (exact) mass is 392 g/mol. The van der Waals surface area contributed by atoms with Crippen molar-refractivity contribution in [3.8, 4) is 0 Å². The molecule has 1 saturated heterocycles. The van der Waals surface area contributed by atoms with Gasteiger partial charge in [0.2, 0.25) is 0 Å². The molecule has 158 valence electrons. The van der Waals surface area contributed by atoms with Gasteiger partial charge in [-0.15, -0.1) is 0 Å². The third-order valence-electron chi connectivity index (χ3n) is 8.01. The van der Waals surface area contributed by atoms with Crippen molar-refractivity contribution in [2.45, 2.75) is 70.4 Å². The quantitative estimate of drug-likeness (QED) is 0.438. The number of nitrogens with one attached hydrogen (secondary N) is 4. The molecular formula is C22H40N4O2+2. The van der Waals surface area contributed by atoms with Gasteiger partial charge in [0.15, 0.2) is 12.6 Å². The normalized spacial score (nSPS) is 40.1. The maximum absolute atomic E-state index is 13.1. The van der Waals surface area contributed by atoms with Crippen LogP contribution in [-0.2, 0) is 9.59 Å². The molecule has 28 heavy (non-hydrogen) atoms. The van der Waals surface area contributed by atoms with Crippen molar-refractivity contribution in [2.75, 3.05) is 39.3 Å². The van der Waals surface area contributed by atoms with Crippen LogP contribution in [0.5, 0.6) is 0 Å². The minimum Gasteiger partial charge on any atom is -0.351 e. The van der Waals surface area contributed by atoms with Crippen LogP contribution in [0.15, 0.2) is 0 Å². The molecule has 0 aromatic rings. The van der Waals surface area contributed by atoms with Crippen molar-refractivity contribution < 1.29 is 19.4 Å². The van der Waals surface area contributed by atoms with Gasteiger partial charge in [-0.1, -0.05) is 6.92 Å². The summed E-state index contributed by atoms with van der Waals surface area (Å²) in [5.41, 5.74) is 0.115. The highest BCUT2D eigenvalue weighted by Gasteiger charge is 2.52. The summed E-state index contributed by atoms with van der Waals surface area (Å²) in [6.45, 7) is 9.42. The molecule has 5 fully saturated rings. The highest BCUT2D eigenvalue weighted by molar-refractivity contribution is 5.80. The van der Waals surface area contributed by atoms with E-state index < -0.39 is 0 Å². The first-order chi connectivity index (χ1) is 13.5. The lowest BCUT2D eigenvalue weighted by molar-refractivity contribution is -1.01. The number of quaternary nitrogens is 2. The summed E-state index contributed by atoms with van der Waals surface area (Å²) < 4.78 is 0. The number of carbonyl (C=O) groups is 2. The zero-order valence-electron chi connectivity index (χ0n) is 17.8. The van der Waals surface area contributed by atoms with Gasteiger partial charge >= 0.3 is 0 Å². The van der Waals surface area contributed by atoms with E-state index in [1.165, 1.54) is 48.3 Å². The van der Waals surface area contributed by atoms with Crippen molar-refractivity contribution in [3.05, 3.63) is 0 Å². The van der Waals surface area contributed by atoms with Crippen LogP contribution in [0, 0.1) is 17.8 Å². The second-order valence-corrected chi connectivity index (χ2v) is 10.3. The summed E-state index contributed by atoms with van der Waals surface area (Å²) in [4.78, 5) is 27.8. The molecule has 0 aromatic carbocycles. The van der Waals surface area contributed by atoms with E-state index in [4.69, 9.17) is 0 Å². The highest BCUT2D eigenvalue weighted by atomic mass is 16.2. The first kappa shape index (κ1) is 20.1. The summed E-state index contributed by atoms with van der Waals surface area (Å²) in [5, 5.41) is 6.53. The van der Waals surface area contributed by atoms with E-state index in [1.54, 1.807) is 0 Å². The van der Waals surface area contributed by atoms with Gasteiger partial charge in [-0.2, -0.15) is 0 Å². The molecule has 5 aliphatic rings. The number of hydrogen-bond donors (Lipinski definition) is 4. The second kappa shape index (κ2) is 8.31. The van der Waals surface area contributed by atoms with Crippen LogP contribution in [0.25, 0.3) is 0 Å². The topological polar surface area (TPSA) is 67.1 Å². The molecule has 2 amide bonds. The average molecular weight is 393 g/mol. The standard InChI is InChI=1S/C22H38N4O2/c1-3-4-23-20(27)15-25-5-7-26(8-6-25)16(2)21(28)24-22-12-17-9-18(13-22)11-19(10-17)14-22/h16-19H,3-15H2,1-2H3,(H,23,27)(H,24,28)/p+2/t16-,17?,18?,19?,22?/m0/s1. The maximum atomic E-state index is 13.1. The first-order valence-electron chi connectivity index (χ1n) is 11.7. The number of amides is 2. The lowest BCUT2D eigenvalue weighted by atomic mass is 9.53. The summed E-state index contributed by atoms with van der Waals surface area (Å²) in [6.07, 6.45) is 8.87. The largest absolute Gasteiger partial charge is 0.351 e. The van der Waals surface area contributed by atoms with Crippen LogP contribution in [0.3, 0.4) is 0 Å². The van der Waals surface area contributed by atoms with Gasteiger partial charge in [0.1, 0.15) is 26.2 Å². The number of carbonyl (C=O) groups excluding carboxylic acids is 2. The molecule has 1 aliphatic heterocycles. The Morgan fingerprint density at radius 3 is 2.11 bits per heavy atom. The first-order valence-corrected chi connectivity index (χ1v) is 11.7. The molecule has 0 radical (unpaired) electrons. The van der Waals surface area contributed by atoms with Gasteiger partial charge in [-0.25, -0.2) is 0 Å². The smallest absolute Gasteiger partial charge is 0.278 e. The molecular weight excluding hydrogens is 352 g/mol. The molecule has 1 heterocycles. The minimum absolute atomic E-state index is 0.0171. The lowest BCUT2D eigenvalue weighted by Gasteiger charge is -2.57. The van der Waals surface area contributed by atoms with E-state index in [2.05, 4.69) is 24.5 Å². The molecule has 4 bridgehead atoms. The van der Waals surface area contributed by atoms with E-state index in [0.29, 0.717) is 6.54 Å². The summed E-state index contributed by atoms with van der Waals surface area (Å²) in [5.74, 6) is 3.01. The van der Waals surface area contributed by atoms with Gasteiger partial charge < -0.3 is 20.4 Å². The SMILES string of the molecule is CCCNC(=O)C[NH+]1CC[NH+]([C@@H](C)C(=O)NC23CC4CC(CC(C4)C2)C3)CC1. The zero-order valence-corrected chi connectivity index (χ0v) is 17.8. The highest BCUT2D eigenvalue weighted by Crippen LogP contribution is 2.55. The van der Waals surface area contributed by atoms with Crippen LogP contribution in [0.1, 0.15) is 58.8 Å². The van der Waals surface area contributed by atoms with Crippen molar-refractivity contribution in [1.29, 1.82) is 0 Å².